The highest BCUT2D eigenvalue weighted by atomic mass is 16.3. The molecular formula is C11H14N4O. The van der Waals surface area contributed by atoms with Gasteiger partial charge >= 0.3 is 0 Å². The Morgan fingerprint density at radius 2 is 2.50 bits per heavy atom. The Hall–Kier alpha value is -1.46. The maximum Gasteiger partial charge on any atom is 0.154 e. The van der Waals surface area contributed by atoms with Crippen LogP contribution in [0.15, 0.2) is 24.7 Å². The van der Waals surface area contributed by atoms with Crippen molar-refractivity contribution >= 4 is 5.65 Å². The number of nitrogens with zero attached hydrogens (tertiary/aromatic N) is 3. The van der Waals surface area contributed by atoms with Gasteiger partial charge in [0.25, 0.3) is 0 Å². The molecule has 1 unspecified atom stereocenters. The van der Waals surface area contributed by atoms with Gasteiger partial charge in [0, 0.05) is 31.4 Å². The third kappa shape index (κ3) is 1.68. The van der Waals surface area contributed by atoms with Gasteiger partial charge in [-0.25, -0.2) is 9.50 Å². The van der Waals surface area contributed by atoms with Gasteiger partial charge in [-0.05, 0) is 18.5 Å². The standard InChI is InChI=1S/C11H14N4O/c16-11(2-4-12-8-11)5-9-6-13-10-1-3-14-15(10)7-9/h1,3,6-7,12,16H,2,4-5,8H2. The van der Waals surface area contributed by atoms with Gasteiger partial charge in [-0.15, -0.1) is 0 Å². The molecule has 0 saturated carbocycles. The number of rotatable bonds is 2. The monoisotopic (exact) mass is 218 g/mol. The Morgan fingerprint density at radius 1 is 1.56 bits per heavy atom. The first kappa shape index (κ1) is 9.74. The average Bonchev–Trinajstić information content (AvgIpc) is 2.86. The molecule has 2 aromatic rings. The van der Waals surface area contributed by atoms with E-state index in [1.165, 1.54) is 0 Å². The SMILES string of the molecule is OC1(Cc2cnc3ccnn3c2)CCNC1. The van der Waals surface area contributed by atoms with Crippen molar-refractivity contribution in [1.82, 2.24) is 19.9 Å². The Kier molecular flexibility index (Phi) is 2.15. The highest BCUT2D eigenvalue weighted by Gasteiger charge is 2.31. The lowest BCUT2D eigenvalue weighted by Gasteiger charge is -2.20. The molecule has 16 heavy (non-hydrogen) atoms. The molecule has 3 rings (SSSR count). The molecular weight excluding hydrogens is 204 g/mol. The molecule has 2 aromatic heterocycles. The lowest BCUT2D eigenvalue weighted by atomic mass is 9.95. The van der Waals surface area contributed by atoms with Crippen LogP contribution in [-0.4, -0.2) is 38.4 Å². The van der Waals surface area contributed by atoms with E-state index >= 15 is 0 Å². The summed E-state index contributed by atoms with van der Waals surface area (Å²) in [6.07, 6.45) is 6.89. The van der Waals surface area contributed by atoms with Gasteiger partial charge in [-0.3, -0.25) is 0 Å². The lowest BCUT2D eigenvalue weighted by molar-refractivity contribution is 0.0617. The van der Waals surface area contributed by atoms with E-state index in [2.05, 4.69) is 15.4 Å². The van der Waals surface area contributed by atoms with E-state index in [9.17, 15) is 5.11 Å². The van der Waals surface area contributed by atoms with Gasteiger partial charge in [0.15, 0.2) is 5.65 Å². The molecule has 1 fully saturated rings. The summed E-state index contributed by atoms with van der Waals surface area (Å²) in [6.45, 7) is 1.54. The van der Waals surface area contributed by atoms with Crippen LogP contribution in [0.2, 0.25) is 0 Å². The van der Waals surface area contributed by atoms with E-state index in [0.29, 0.717) is 13.0 Å². The van der Waals surface area contributed by atoms with Gasteiger partial charge in [-0.2, -0.15) is 5.10 Å². The minimum Gasteiger partial charge on any atom is -0.388 e. The van der Waals surface area contributed by atoms with Crippen LogP contribution in [0.3, 0.4) is 0 Å². The fourth-order valence-corrected chi connectivity index (χ4v) is 2.20. The minimum absolute atomic E-state index is 0.623. The molecule has 2 N–H and O–H groups in total. The Morgan fingerprint density at radius 3 is 3.31 bits per heavy atom. The summed E-state index contributed by atoms with van der Waals surface area (Å²) in [5, 5.41) is 17.6. The highest BCUT2D eigenvalue weighted by molar-refractivity contribution is 5.36. The molecule has 0 spiro atoms. The number of aliphatic hydroxyl groups is 1. The first-order valence-electron chi connectivity index (χ1n) is 5.47. The third-order valence-corrected chi connectivity index (χ3v) is 3.05. The maximum absolute atomic E-state index is 10.2. The number of nitrogens with one attached hydrogen (secondary N) is 1. The fraction of sp³-hybridized carbons (Fsp3) is 0.455. The first-order chi connectivity index (χ1) is 7.75. The van der Waals surface area contributed by atoms with Gasteiger partial charge in [0.1, 0.15) is 0 Å². The molecule has 1 saturated heterocycles. The third-order valence-electron chi connectivity index (χ3n) is 3.05. The molecule has 3 heterocycles. The average molecular weight is 218 g/mol. The molecule has 5 heteroatoms. The second-order valence-electron chi connectivity index (χ2n) is 4.42. The predicted octanol–water partition coefficient (Wildman–Crippen LogP) is -0.00380. The van der Waals surface area contributed by atoms with E-state index in [-0.39, 0.29) is 0 Å². The first-order valence-corrected chi connectivity index (χ1v) is 5.47. The normalized spacial score (nSPS) is 25.3. The van der Waals surface area contributed by atoms with Crippen LogP contribution in [0.4, 0.5) is 0 Å². The van der Waals surface area contributed by atoms with Crippen molar-refractivity contribution in [3.05, 3.63) is 30.2 Å². The number of hydrogen-bond donors (Lipinski definition) is 2. The van der Waals surface area contributed by atoms with E-state index in [0.717, 1.165) is 24.2 Å². The molecule has 0 amide bonds. The van der Waals surface area contributed by atoms with Gasteiger partial charge in [0.05, 0.1) is 11.8 Å². The minimum atomic E-state index is -0.623. The van der Waals surface area contributed by atoms with Crippen molar-refractivity contribution in [2.45, 2.75) is 18.4 Å². The number of hydrogen-bond acceptors (Lipinski definition) is 4. The summed E-state index contributed by atoms with van der Waals surface area (Å²) in [6, 6.07) is 1.86. The highest BCUT2D eigenvalue weighted by Crippen LogP contribution is 2.19. The van der Waals surface area contributed by atoms with Crippen LogP contribution < -0.4 is 5.32 Å². The Bertz CT molecular complexity index is 501. The van der Waals surface area contributed by atoms with Crippen molar-refractivity contribution in [2.24, 2.45) is 0 Å². The van der Waals surface area contributed by atoms with Gasteiger partial charge < -0.3 is 10.4 Å². The second kappa shape index (κ2) is 3.54. The molecule has 84 valence electrons. The number of aromatic nitrogens is 3. The molecule has 0 bridgehead atoms. The topological polar surface area (TPSA) is 62.5 Å². The smallest absolute Gasteiger partial charge is 0.154 e. The Labute approximate surface area is 93.1 Å². The molecule has 1 atom stereocenters. The van der Waals surface area contributed by atoms with Crippen molar-refractivity contribution < 1.29 is 5.11 Å². The summed E-state index contributed by atoms with van der Waals surface area (Å²) >= 11 is 0. The van der Waals surface area contributed by atoms with Crippen LogP contribution in [0.25, 0.3) is 5.65 Å². The largest absolute Gasteiger partial charge is 0.388 e. The zero-order valence-corrected chi connectivity index (χ0v) is 8.93. The predicted molar refractivity (Wildman–Crippen MR) is 59.1 cm³/mol. The van der Waals surface area contributed by atoms with E-state index < -0.39 is 5.60 Å². The summed E-state index contributed by atoms with van der Waals surface area (Å²) in [5.41, 5.74) is 1.23. The van der Waals surface area contributed by atoms with E-state index in [1.807, 2.05) is 18.5 Å². The van der Waals surface area contributed by atoms with Crippen LogP contribution in [0.1, 0.15) is 12.0 Å². The summed E-state index contributed by atoms with van der Waals surface area (Å²) < 4.78 is 1.74. The quantitative estimate of drug-likeness (QED) is 0.744. The van der Waals surface area contributed by atoms with Crippen LogP contribution >= 0.6 is 0 Å². The fourth-order valence-electron chi connectivity index (χ4n) is 2.20. The molecule has 1 aliphatic rings. The summed E-state index contributed by atoms with van der Waals surface area (Å²) in [4.78, 5) is 4.28. The van der Waals surface area contributed by atoms with Crippen molar-refractivity contribution in [3.63, 3.8) is 0 Å². The molecule has 0 radical (unpaired) electrons. The Balaban J connectivity index is 1.88. The van der Waals surface area contributed by atoms with Crippen LogP contribution in [0.5, 0.6) is 0 Å². The van der Waals surface area contributed by atoms with E-state index in [4.69, 9.17) is 0 Å². The number of β-amino-alcohol motifs (C(OH)–C–C–N with tert-alkyl or cyclic N) is 1. The maximum atomic E-state index is 10.2. The second-order valence-corrected chi connectivity index (χ2v) is 4.42. The lowest BCUT2D eigenvalue weighted by Crippen LogP contribution is -2.33. The van der Waals surface area contributed by atoms with E-state index in [1.54, 1.807) is 10.7 Å². The van der Waals surface area contributed by atoms with Gasteiger partial charge in [0.2, 0.25) is 0 Å². The zero-order chi connectivity index (χ0) is 11.0. The van der Waals surface area contributed by atoms with Crippen molar-refractivity contribution in [1.29, 1.82) is 0 Å². The molecule has 0 aliphatic carbocycles. The van der Waals surface area contributed by atoms with Crippen molar-refractivity contribution in [2.75, 3.05) is 13.1 Å². The van der Waals surface area contributed by atoms with Crippen LogP contribution in [0, 0.1) is 0 Å². The van der Waals surface area contributed by atoms with Gasteiger partial charge in [-0.1, -0.05) is 0 Å². The zero-order valence-electron chi connectivity index (χ0n) is 8.93. The molecule has 1 aliphatic heterocycles. The molecule has 5 nitrogen and oxygen atoms in total. The summed E-state index contributed by atoms with van der Waals surface area (Å²) in [7, 11) is 0. The molecule has 0 aromatic carbocycles. The van der Waals surface area contributed by atoms with Crippen molar-refractivity contribution in [3.8, 4) is 0 Å². The van der Waals surface area contributed by atoms with Crippen LogP contribution in [-0.2, 0) is 6.42 Å². The number of fused-ring (bicyclic) bond motifs is 1. The summed E-state index contributed by atoms with van der Waals surface area (Å²) in [5.74, 6) is 0.